The molecule has 0 radical (unpaired) electrons. The summed E-state index contributed by atoms with van der Waals surface area (Å²) in [6.07, 6.45) is 1.97. The summed E-state index contributed by atoms with van der Waals surface area (Å²) in [4.78, 5) is 13.0. The van der Waals surface area contributed by atoms with Crippen LogP contribution in [0.2, 0.25) is 0 Å². The maximum atomic E-state index is 13.3. The van der Waals surface area contributed by atoms with E-state index in [4.69, 9.17) is 0 Å². The predicted octanol–water partition coefficient (Wildman–Crippen LogP) is 3.90. The van der Waals surface area contributed by atoms with E-state index in [9.17, 15) is 26.5 Å². The summed E-state index contributed by atoms with van der Waals surface area (Å²) in [6.45, 7) is -2.30. The minimum Gasteiger partial charge on any atom is -0.213 e. The molecule has 2 fully saturated rings. The molecule has 0 aliphatic carbocycles. The van der Waals surface area contributed by atoms with Crippen molar-refractivity contribution in [3.8, 4) is 11.1 Å². The van der Waals surface area contributed by atoms with Crippen LogP contribution in [0.1, 0.15) is 35.9 Å². The van der Waals surface area contributed by atoms with Crippen molar-refractivity contribution in [2.75, 3.05) is 25.9 Å². The topological polar surface area (TPSA) is 60.7 Å². The standard InChI is InChI=1S/C21H23F3N3O3S/c1-31(29,30)25-10-8-16(13-25)18-7-4-15(14-2-5-17(22)6-3-14)12-19(18)20-9-11-26(21(23)24)27(20)28/h2-7,12,16,20-21H,8-11,13H2,1H3/q+1. The summed E-state index contributed by atoms with van der Waals surface area (Å²) in [5, 5.41) is 0.496. The van der Waals surface area contributed by atoms with Gasteiger partial charge in [-0.15, -0.1) is 0 Å². The Bertz CT molecular complexity index is 1090. The van der Waals surface area contributed by atoms with Crippen LogP contribution in [-0.2, 0) is 10.0 Å². The van der Waals surface area contributed by atoms with Crippen LogP contribution in [0, 0.1) is 10.7 Å². The molecule has 2 heterocycles. The lowest BCUT2D eigenvalue weighted by Crippen LogP contribution is -2.32. The van der Waals surface area contributed by atoms with Gasteiger partial charge in [-0.05, 0) is 47.2 Å². The molecule has 4 rings (SSSR count). The van der Waals surface area contributed by atoms with Crippen LogP contribution in [0.15, 0.2) is 42.5 Å². The molecule has 0 bridgehead atoms. The zero-order chi connectivity index (χ0) is 22.3. The van der Waals surface area contributed by atoms with Crippen LogP contribution in [0.5, 0.6) is 0 Å². The van der Waals surface area contributed by atoms with Gasteiger partial charge in [-0.3, -0.25) is 0 Å². The first kappa shape index (κ1) is 21.8. The summed E-state index contributed by atoms with van der Waals surface area (Å²) in [5.74, 6) is -0.512. The molecule has 2 aromatic rings. The number of hydrogen-bond acceptors (Lipinski definition) is 3. The third-order valence-corrected chi connectivity index (χ3v) is 7.33. The molecular weight excluding hydrogens is 431 g/mol. The van der Waals surface area contributed by atoms with Crippen LogP contribution in [0.3, 0.4) is 0 Å². The van der Waals surface area contributed by atoms with Crippen LogP contribution in [0.25, 0.3) is 11.1 Å². The molecule has 0 N–H and O–H groups in total. The Balaban J connectivity index is 1.74. The van der Waals surface area contributed by atoms with Crippen molar-refractivity contribution in [1.82, 2.24) is 9.31 Å². The van der Waals surface area contributed by atoms with Crippen molar-refractivity contribution in [3.05, 3.63) is 64.3 Å². The molecule has 0 amide bonds. The van der Waals surface area contributed by atoms with E-state index in [1.165, 1.54) is 16.4 Å². The average Bonchev–Trinajstić information content (AvgIpc) is 3.35. The molecule has 2 aliphatic heterocycles. The summed E-state index contributed by atoms with van der Waals surface area (Å²) < 4.78 is 65.0. The predicted molar refractivity (Wildman–Crippen MR) is 109 cm³/mol. The number of alkyl halides is 2. The normalized spacial score (nSPS) is 22.6. The Morgan fingerprint density at radius 3 is 2.26 bits per heavy atom. The number of sulfonamides is 1. The fourth-order valence-electron chi connectivity index (χ4n) is 4.44. The minimum atomic E-state index is -3.34. The molecule has 2 saturated heterocycles. The molecule has 2 aromatic carbocycles. The van der Waals surface area contributed by atoms with E-state index >= 15 is 0 Å². The Hall–Kier alpha value is -2.46. The first-order valence-electron chi connectivity index (χ1n) is 10.0. The lowest BCUT2D eigenvalue weighted by molar-refractivity contribution is -0.735. The van der Waals surface area contributed by atoms with Gasteiger partial charge in [-0.1, -0.05) is 29.3 Å². The number of hydrogen-bond donors (Lipinski definition) is 0. The molecule has 0 saturated carbocycles. The summed E-state index contributed by atoms with van der Waals surface area (Å²) in [7, 11) is -3.34. The van der Waals surface area contributed by atoms with Gasteiger partial charge in [0.05, 0.1) is 17.7 Å². The highest BCUT2D eigenvalue weighted by Crippen LogP contribution is 2.40. The monoisotopic (exact) mass is 454 g/mol. The lowest BCUT2D eigenvalue weighted by Gasteiger charge is -2.18. The maximum Gasteiger partial charge on any atom is 0.362 e. The van der Waals surface area contributed by atoms with E-state index < -0.39 is 22.6 Å². The maximum absolute atomic E-state index is 13.3. The van der Waals surface area contributed by atoms with Gasteiger partial charge in [0.1, 0.15) is 10.7 Å². The number of rotatable bonds is 5. The molecule has 10 heteroatoms. The van der Waals surface area contributed by atoms with Crippen LogP contribution in [0.4, 0.5) is 13.2 Å². The number of nitrogens with zero attached hydrogens (tertiary/aromatic N) is 3. The number of nitroso groups, excluding NO2 is 1. The Morgan fingerprint density at radius 2 is 1.68 bits per heavy atom. The number of halogens is 3. The Morgan fingerprint density at radius 1 is 1.00 bits per heavy atom. The molecule has 166 valence electrons. The van der Waals surface area contributed by atoms with Crippen LogP contribution < -0.4 is 0 Å². The van der Waals surface area contributed by atoms with E-state index in [1.807, 2.05) is 12.1 Å². The highest BCUT2D eigenvalue weighted by Gasteiger charge is 2.47. The molecule has 0 spiro atoms. The van der Waals surface area contributed by atoms with Gasteiger partial charge in [0, 0.05) is 25.1 Å². The third-order valence-electron chi connectivity index (χ3n) is 6.06. The summed E-state index contributed by atoms with van der Waals surface area (Å²) >= 11 is 0. The van der Waals surface area contributed by atoms with E-state index in [0.29, 0.717) is 28.4 Å². The average molecular weight is 454 g/mol. The number of benzene rings is 2. The minimum absolute atomic E-state index is 0.0633. The second-order valence-electron chi connectivity index (χ2n) is 8.00. The summed E-state index contributed by atoms with van der Waals surface area (Å²) in [5.41, 5.74) is 2.87. The molecular formula is C21H23F3N3O3S+. The first-order chi connectivity index (χ1) is 14.6. The molecule has 0 aromatic heterocycles. The number of hydrazine groups is 1. The SMILES string of the molecule is CS(=O)(=O)N1CCC(c2ccc(-c3ccc(F)cc3)cc2C2CCN(C(F)F)[N+]2=O)C1. The molecule has 2 unspecified atom stereocenters. The van der Waals surface area contributed by atoms with Crippen molar-refractivity contribution in [1.29, 1.82) is 0 Å². The van der Waals surface area contributed by atoms with Gasteiger partial charge in [-0.25, -0.2) is 17.1 Å². The zero-order valence-electron chi connectivity index (χ0n) is 16.9. The highest BCUT2D eigenvalue weighted by atomic mass is 32.2. The van der Waals surface area contributed by atoms with E-state index in [1.54, 1.807) is 18.2 Å². The van der Waals surface area contributed by atoms with Crippen LogP contribution >= 0.6 is 0 Å². The van der Waals surface area contributed by atoms with Gasteiger partial charge in [0.25, 0.3) is 6.04 Å². The van der Waals surface area contributed by atoms with Crippen molar-refractivity contribution in [2.45, 2.75) is 31.4 Å². The largest absolute Gasteiger partial charge is 0.362 e. The van der Waals surface area contributed by atoms with Gasteiger partial charge in [0.2, 0.25) is 10.0 Å². The highest BCUT2D eigenvalue weighted by molar-refractivity contribution is 7.88. The van der Waals surface area contributed by atoms with Gasteiger partial charge in [0.15, 0.2) is 0 Å². The van der Waals surface area contributed by atoms with E-state index in [-0.39, 0.29) is 31.2 Å². The van der Waals surface area contributed by atoms with Crippen LogP contribution in [-0.4, -0.2) is 55.0 Å². The van der Waals surface area contributed by atoms with Crippen molar-refractivity contribution >= 4 is 10.0 Å². The Kier molecular flexibility index (Phi) is 5.78. The van der Waals surface area contributed by atoms with Crippen molar-refractivity contribution in [3.63, 3.8) is 0 Å². The van der Waals surface area contributed by atoms with E-state index in [0.717, 1.165) is 22.9 Å². The van der Waals surface area contributed by atoms with Gasteiger partial charge in [-0.2, -0.15) is 8.78 Å². The lowest BCUT2D eigenvalue weighted by atomic mass is 9.87. The van der Waals surface area contributed by atoms with Crippen molar-refractivity contribution in [2.24, 2.45) is 0 Å². The fraction of sp³-hybridized carbons (Fsp3) is 0.429. The smallest absolute Gasteiger partial charge is 0.213 e. The summed E-state index contributed by atoms with van der Waals surface area (Å²) in [6, 6.07) is 10.6. The molecule has 31 heavy (non-hydrogen) atoms. The molecule has 2 atom stereocenters. The quantitative estimate of drug-likeness (QED) is 0.508. The van der Waals surface area contributed by atoms with Gasteiger partial charge >= 0.3 is 6.55 Å². The second-order valence-corrected chi connectivity index (χ2v) is 9.99. The molecule has 2 aliphatic rings. The second kappa shape index (κ2) is 8.23. The van der Waals surface area contributed by atoms with Gasteiger partial charge < -0.3 is 0 Å². The molecule has 6 nitrogen and oxygen atoms in total. The van der Waals surface area contributed by atoms with Crippen molar-refractivity contribution < 1.29 is 26.5 Å². The Labute approximate surface area is 178 Å². The zero-order valence-corrected chi connectivity index (χ0v) is 17.7. The fourth-order valence-corrected chi connectivity index (χ4v) is 5.33. The third kappa shape index (κ3) is 4.31. The first-order valence-corrected chi connectivity index (χ1v) is 11.9. The van der Waals surface area contributed by atoms with E-state index in [2.05, 4.69) is 0 Å².